The van der Waals surface area contributed by atoms with Crippen molar-refractivity contribution in [3.8, 4) is 5.75 Å². The highest BCUT2D eigenvalue weighted by atomic mass is 19.4. The van der Waals surface area contributed by atoms with Crippen LogP contribution in [0.25, 0.3) is 10.8 Å². The lowest BCUT2D eigenvalue weighted by Gasteiger charge is -2.48. The minimum atomic E-state index is -4.17. The van der Waals surface area contributed by atoms with Gasteiger partial charge in [0.25, 0.3) is 0 Å². The summed E-state index contributed by atoms with van der Waals surface area (Å²) in [5, 5.41) is 11.0. The van der Waals surface area contributed by atoms with Gasteiger partial charge in [0.15, 0.2) is 0 Å². The zero-order valence-corrected chi connectivity index (χ0v) is 20.1. The van der Waals surface area contributed by atoms with Crippen LogP contribution >= 0.6 is 0 Å². The van der Waals surface area contributed by atoms with Crippen molar-refractivity contribution in [1.82, 2.24) is 9.88 Å². The van der Waals surface area contributed by atoms with Crippen LogP contribution in [0.4, 0.5) is 17.6 Å². The van der Waals surface area contributed by atoms with Gasteiger partial charge in [0, 0.05) is 35.8 Å². The Hall–Kier alpha value is -2.42. The predicted octanol–water partition coefficient (Wildman–Crippen LogP) is 6.42. The first-order chi connectivity index (χ1) is 17.2. The summed E-state index contributed by atoms with van der Waals surface area (Å²) in [5.74, 6) is -1.90. The fourth-order valence-electron chi connectivity index (χ4n) is 6.45. The molecular weight excluding hydrogens is 476 g/mol. The zero-order chi connectivity index (χ0) is 25.4. The van der Waals surface area contributed by atoms with E-state index in [1.165, 1.54) is 0 Å². The Morgan fingerprint density at radius 2 is 1.78 bits per heavy atom. The molecule has 1 N–H and O–H groups in total. The fraction of sp³-hybridized carbons (Fsp3) is 0.630. The van der Waals surface area contributed by atoms with E-state index in [4.69, 9.17) is 4.74 Å². The normalized spacial score (nSPS) is 29.3. The van der Waals surface area contributed by atoms with Crippen LogP contribution in [0.15, 0.2) is 24.4 Å². The van der Waals surface area contributed by atoms with Crippen molar-refractivity contribution in [2.45, 2.75) is 95.4 Å². The molecule has 36 heavy (non-hydrogen) atoms. The average Bonchev–Trinajstić information content (AvgIpc) is 2.83. The molecule has 2 bridgehead atoms. The van der Waals surface area contributed by atoms with Crippen molar-refractivity contribution >= 4 is 16.7 Å². The standard InChI is InChI=1S/C27H32F4N2O3/c28-13-23-24-14-32-19(15-33-20-2-1-3-21(33)12-17(11-20)26(34)35)10-16(24)4-9-25(23)36-22-7-5-18(6-8-22)27(29,30)31/h4,9-10,14,17-18,20-22H,1-3,5-8,11-13,15H2,(H,34,35)/t17?,18-,20?,21?,22+. The van der Waals surface area contributed by atoms with Gasteiger partial charge in [-0.25, -0.2) is 4.39 Å². The Morgan fingerprint density at radius 1 is 1.08 bits per heavy atom. The number of nitrogens with zero attached hydrogens (tertiary/aromatic N) is 2. The van der Waals surface area contributed by atoms with Crippen molar-refractivity contribution in [2.24, 2.45) is 11.8 Å². The summed E-state index contributed by atoms with van der Waals surface area (Å²) in [4.78, 5) is 18.5. The highest BCUT2D eigenvalue weighted by Gasteiger charge is 2.42. The van der Waals surface area contributed by atoms with E-state index in [9.17, 15) is 27.5 Å². The van der Waals surface area contributed by atoms with Gasteiger partial charge in [-0.05, 0) is 68.9 Å². The molecule has 5 nitrogen and oxygen atoms in total. The summed E-state index contributed by atoms with van der Waals surface area (Å²) < 4.78 is 59.0. The number of halogens is 4. The number of hydrogen-bond acceptors (Lipinski definition) is 4. The zero-order valence-electron chi connectivity index (χ0n) is 20.1. The van der Waals surface area contributed by atoms with Crippen molar-refractivity contribution in [3.05, 3.63) is 35.7 Å². The highest BCUT2D eigenvalue weighted by molar-refractivity contribution is 5.87. The lowest BCUT2D eigenvalue weighted by Crippen LogP contribution is -2.52. The third kappa shape index (κ3) is 5.17. The monoisotopic (exact) mass is 508 g/mol. The largest absolute Gasteiger partial charge is 0.490 e. The number of aromatic nitrogens is 1. The Bertz CT molecular complexity index is 1090. The summed E-state index contributed by atoms with van der Waals surface area (Å²) in [6, 6.07) is 5.99. The summed E-state index contributed by atoms with van der Waals surface area (Å²) >= 11 is 0. The first-order valence-corrected chi connectivity index (χ1v) is 12.9. The highest BCUT2D eigenvalue weighted by Crippen LogP contribution is 2.40. The fourth-order valence-corrected chi connectivity index (χ4v) is 6.45. The molecule has 0 amide bonds. The van der Waals surface area contributed by atoms with Crippen LogP contribution in [0.5, 0.6) is 5.75 Å². The van der Waals surface area contributed by atoms with Crippen molar-refractivity contribution in [2.75, 3.05) is 0 Å². The molecule has 196 valence electrons. The number of ether oxygens (including phenoxy) is 1. The number of carbonyl (C=O) groups is 1. The number of benzene rings is 1. The predicted molar refractivity (Wildman–Crippen MR) is 126 cm³/mol. The molecule has 0 spiro atoms. The Morgan fingerprint density at radius 3 is 2.39 bits per heavy atom. The van der Waals surface area contributed by atoms with Crippen LogP contribution in [0, 0.1) is 11.8 Å². The van der Waals surface area contributed by atoms with E-state index >= 15 is 0 Å². The lowest BCUT2D eigenvalue weighted by molar-refractivity contribution is -0.185. The third-order valence-electron chi connectivity index (χ3n) is 8.41. The number of pyridine rings is 1. The van der Waals surface area contributed by atoms with Crippen LogP contribution in [-0.4, -0.2) is 45.3 Å². The number of alkyl halides is 4. The van der Waals surface area contributed by atoms with Gasteiger partial charge >= 0.3 is 12.1 Å². The Kier molecular flexibility index (Phi) is 7.12. The topological polar surface area (TPSA) is 62.7 Å². The molecule has 1 saturated carbocycles. The number of carboxylic acid groups (broad SMARTS) is 1. The van der Waals surface area contributed by atoms with E-state index in [1.807, 2.05) is 12.1 Å². The van der Waals surface area contributed by atoms with Gasteiger partial charge in [-0.2, -0.15) is 13.2 Å². The van der Waals surface area contributed by atoms with Crippen LogP contribution in [0.1, 0.15) is 69.0 Å². The molecular formula is C27H32F4N2O3. The average molecular weight is 509 g/mol. The Labute approximate surface area is 207 Å². The maximum Gasteiger partial charge on any atom is 0.391 e. The van der Waals surface area contributed by atoms with E-state index < -0.39 is 24.7 Å². The van der Waals surface area contributed by atoms with Crippen LogP contribution in [0.2, 0.25) is 0 Å². The van der Waals surface area contributed by atoms with Crippen molar-refractivity contribution < 1.29 is 32.2 Å². The maximum atomic E-state index is 14.1. The van der Waals surface area contributed by atoms with Gasteiger partial charge in [0.1, 0.15) is 12.4 Å². The van der Waals surface area contributed by atoms with E-state index in [0.717, 1.165) is 30.3 Å². The van der Waals surface area contributed by atoms with Gasteiger partial charge in [0.2, 0.25) is 0 Å². The van der Waals surface area contributed by atoms with Crippen molar-refractivity contribution in [3.63, 3.8) is 0 Å². The van der Waals surface area contributed by atoms with Crippen LogP contribution in [-0.2, 0) is 18.0 Å². The second-order valence-corrected chi connectivity index (χ2v) is 10.6. The van der Waals surface area contributed by atoms with Crippen molar-refractivity contribution in [1.29, 1.82) is 0 Å². The molecule has 1 aliphatic carbocycles. The number of rotatable bonds is 6. The third-order valence-corrected chi connectivity index (χ3v) is 8.41. The van der Waals surface area contributed by atoms with Gasteiger partial charge in [-0.1, -0.05) is 12.5 Å². The molecule has 2 aromatic rings. The number of aliphatic carboxylic acids is 1. The molecule has 3 heterocycles. The first kappa shape index (κ1) is 25.2. The molecule has 2 unspecified atom stereocenters. The summed E-state index contributed by atoms with van der Waals surface area (Å²) in [7, 11) is 0. The minimum Gasteiger partial charge on any atom is -0.490 e. The molecule has 2 saturated heterocycles. The maximum absolute atomic E-state index is 14.1. The molecule has 3 aliphatic rings. The van der Waals surface area contributed by atoms with Crippen LogP contribution < -0.4 is 4.74 Å². The van der Waals surface area contributed by atoms with E-state index in [0.29, 0.717) is 48.9 Å². The van der Waals surface area contributed by atoms with Gasteiger partial charge < -0.3 is 9.84 Å². The number of hydrogen-bond donors (Lipinski definition) is 1. The van der Waals surface area contributed by atoms with Gasteiger partial charge in [-0.15, -0.1) is 0 Å². The Balaban J connectivity index is 1.30. The number of fused-ring (bicyclic) bond motifs is 3. The van der Waals surface area contributed by atoms with E-state index in [-0.39, 0.29) is 36.9 Å². The van der Waals surface area contributed by atoms with Gasteiger partial charge in [-0.3, -0.25) is 14.7 Å². The second kappa shape index (κ2) is 10.1. The quantitative estimate of drug-likeness (QED) is 0.456. The smallest absolute Gasteiger partial charge is 0.391 e. The molecule has 1 aromatic heterocycles. The molecule has 3 fully saturated rings. The molecule has 2 aliphatic heterocycles. The van der Waals surface area contributed by atoms with Crippen LogP contribution in [0.3, 0.4) is 0 Å². The summed E-state index contributed by atoms with van der Waals surface area (Å²) in [5.41, 5.74) is 1.24. The molecule has 9 heteroatoms. The van der Waals surface area contributed by atoms with E-state index in [2.05, 4.69) is 9.88 Å². The molecule has 0 radical (unpaired) electrons. The number of piperidine rings is 2. The van der Waals surface area contributed by atoms with Gasteiger partial charge in [0.05, 0.1) is 23.6 Å². The summed E-state index contributed by atoms with van der Waals surface area (Å²) in [6.07, 6.45) is 2.21. The molecule has 1 aromatic carbocycles. The number of carboxylic acids is 1. The SMILES string of the molecule is O=C(O)C1CC2CCCC(C1)N2Cc1cc2ccc(O[C@H]3CC[C@@H](C(F)(F)F)CC3)c(CF)c2cn1. The summed E-state index contributed by atoms with van der Waals surface area (Å²) in [6.45, 7) is -0.123. The first-order valence-electron chi connectivity index (χ1n) is 12.9. The molecule has 5 rings (SSSR count). The van der Waals surface area contributed by atoms with E-state index in [1.54, 1.807) is 12.3 Å². The lowest BCUT2D eigenvalue weighted by atomic mass is 9.78. The second-order valence-electron chi connectivity index (χ2n) is 10.6. The molecule has 2 atom stereocenters. The minimum absolute atomic E-state index is 0.0311.